The fourth-order valence-electron chi connectivity index (χ4n) is 1.74. The number of amides is 2. The zero-order valence-electron chi connectivity index (χ0n) is 10.8. The second kappa shape index (κ2) is 4.31. The van der Waals surface area contributed by atoms with Crippen LogP contribution in [0.4, 0.5) is 5.69 Å². The molecular formula is C13H16N4O2. The van der Waals surface area contributed by atoms with E-state index in [1.54, 1.807) is 38.2 Å². The molecule has 0 aliphatic rings. The van der Waals surface area contributed by atoms with Gasteiger partial charge in [0.05, 0.1) is 5.56 Å². The molecule has 0 radical (unpaired) electrons. The fourth-order valence-corrected chi connectivity index (χ4v) is 1.74. The highest BCUT2D eigenvalue weighted by Crippen LogP contribution is 2.21. The molecule has 1 heterocycles. The van der Waals surface area contributed by atoms with E-state index in [4.69, 9.17) is 11.5 Å². The third kappa shape index (κ3) is 2.37. The Morgan fingerprint density at radius 3 is 2.63 bits per heavy atom. The van der Waals surface area contributed by atoms with E-state index in [-0.39, 0.29) is 5.91 Å². The van der Waals surface area contributed by atoms with E-state index in [0.29, 0.717) is 11.3 Å². The SMILES string of the molecule is CC(C)(NC(=O)c1c[nH]c2cc(N)ccc12)C(N)=O. The summed E-state index contributed by atoms with van der Waals surface area (Å²) in [6.07, 6.45) is 1.58. The molecule has 6 N–H and O–H groups in total. The molecule has 6 nitrogen and oxygen atoms in total. The minimum Gasteiger partial charge on any atom is -0.399 e. The number of nitrogen functional groups attached to an aromatic ring is 1. The van der Waals surface area contributed by atoms with E-state index in [9.17, 15) is 9.59 Å². The minimum atomic E-state index is -1.10. The van der Waals surface area contributed by atoms with Crippen LogP contribution < -0.4 is 16.8 Å². The number of carbonyl (C=O) groups is 2. The maximum atomic E-state index is 12.2. The van der Waals surface area contributed by atoms with Crippen molar-refractivity contribution < 1.29 is 9.59 Å². The monoisotopic (exact) mass is 260 g/mol. The van der Waals surface area contributed by atoms with Gasteiger partial charge in [-0.05, 0) is 32.0 Å². The number of aromatic amines is 1. The molecule has 0 aliphatic heterocycles. The first kappa shape index (κ1) is 12.9. The molecular weight excluding hydrogens is 244 g/mol. The van der Waals surface area contributed by atoms with E-state index in [2.05, 4.69) is 10.3 Å². The van der Waals surface area contributed by atoms with E-state index in [1.165, 1.54) is 0 Å². The number of hydrogen-bond donors (Lipinski definition) is 4. The maximum absolute atomic E-state index is 12.2. The summed E-state index contributed by atoms with van der Waals surface area (Å²) < 4.78 is 0. The molecule has 0 atom stereocenters. The van der Waals surface area contributed by atoms with E-state index < -0.39 is 11.4 Å². The smallest absolute Gasteiger partial charge is 0.254 e. The molecule has 0 spiro atoms. The van der Waals surface area contributed by atoms with Crippen molar-refractivity contribution in [3.05, 3.63) is 30.0 Å². The Labute approximate surface area is 110 Å². The van der Waals surface area contributed by atoms with Gasteiger partial charge in [-0.3, -0.25) is 9.59 Å². The minimum absolute atomic E-state index is 0.361. The van der Waals surface area contributed by atoms with Crippen LogP contribution in [-0.4, -0.2) is 22.3 Å². The second-order valence-corrected chi connectivity index (χ2v) is 4.95. The van der Waals surface area contributed by atoms with Crippen LogP contribution in [-0.2, 0) is 4.79 Å². The summed E-state index contributed by atoms with van der Waals surface area (Å²) in [5, 5.41) is 3.34. The summed E-state index contributed by atoms with van der Waals surface area (Å²) in [5.41, 5.74) is 11.6. The second-order valence-electron chi connectivity index (χ2n) is 4.95. The number of fused-ring (bicyclic) bond motifs is 1. The Hall–Kier alpha value is -2.50. The summed E-state index contributed by atoms with van der Waals surface area (Å²) in [6.45, 7) is 3.11. The first-order valence-corrected chi connectivity index (χ1v) is 5.80. The van der Waals surface area contributed by atoms with Gasteiger partial charge in [0.15, 0.2) is 0 Å². The summed E-state index contributed by atoms with van der Waals surface area (Å²) in [7, 11) is 0. The molecule has 6 heteroatoms. The van der Waals surface area contributed by atoms with Crippen molar-refractivity contribution in [1.82, 2.24) is 10.3 Å². The normalized spacial score (nSPS) is 11.5. The van der Waals surface area contributed by atoms with Gasteiger partial charge < -0.3 is 21.8 Å². The molecule has 2 aromatic rings. The standard InChI is InChI=1S/C13H16N4O2/c1-13(2,12(15)19)17-11(18)9-6-16-10-5-7(14)3-4-8(9)10/h3-6,16H,14H2,1-2H3,(H2,15,19)(H,17,18). The Morgan fingerprint density at radius 1 is 1.32 bits per heavy atom. The summed E-state index contributed by atoms with van der Waals surface area (Å²) >= 11 is 0. The number of anilines is 1. The van der Waals surface area contributed by atoms with Crippen LogP contribution in [0.1, 0.15) is 24.2 Å². The van der Waals surface area contributed by atoms with Crippen LogP contribution in [0.25, 0.3) is 10.9 Å². The fraction of sp³-hybridized carbons (Fsp3) is 0.231. The van der Waals surface area contributed by atoms with Gasteiger partial charge >= 0.3 is 0 Å². The first-order valence-electron chi connectivity index (χ1n) is 5.80. The van der Waals surface area contributed by atoms with Gasteiger partial charge in [0.2, 0.25) is 5.91 Å². The molecule has 100 valence electrons. The van der Waals surface area contributed by atoms with Crippen LogP contribution in [0.15, 0.2) is 24.4 Å². The molecule has 0 saturated carbocycles. The molecule has 0 aliphatic carbocycles. The number of H-pyrrole nitrogens is 1. The maximum Gasteiger partial charge on any atom is 0.254 e. The van der Waals surface area contributed by atoms with Crippen molar-refractivity contribution in [2.24, 2.45) is 5.73 Å². The van der Waals surface area contributed by atoms with Crippen molar-refractivity contribution in [3.8, 4) is 0 Å². The number of aromatic nitrogens is 1. The van der Waals surface area contributed by atoms with Crippen molar-refractivity contribution in [2.45, 2.75) is 19.4 Å². The topological polar surface area (TPSA) is 114 Å². The van der Waals surface area contributed by atoms with Crippen LogP contribution in [0, 0.1) is 0 Å². The number of nitrogens with one attached hydrogen (secondary N) is 2. The predicted molar refractivity (Wildman–Crippen MR) is 73.5 cm³/mol. The number of nitrogens with two attached hydrogens (primary N) is 2. The molecule has 0 fully saturated rings. The average Bonchev–Trinajstić information content (AvgIpc) is 2.70. The van der Waals surface area contributed by atoms with Gasteiger partial charge in [-0.2, -0.15) is 0 Å². The summed E-state index contributed by atoms with van der Waals surface area (Å²) in [4.78, 5) is 26.3. The summed E-state index contributed by atoms with van der Waals surface area (Å²) in [5.74, 6) is -0.954. The Morgan fingerprint density at radius 2 is 2.00 bits per heavy atom. The number of carbonyl (C=O) groups excluding carboxylic acids is 2. The van der Waals surface area contributed by atoms with Crippen molar-refractivity contribution >= 4 is 28.4 Å². The average molecular weight is 260 g/mol. The van der Waals surface area contributed by atoms with Crippen LogP contribution >= 0.6 is 0 Å². The van der Waals surface area contributed by atoms with Gasteiger partial charge in [0.25, 0.3) is 5.91 Å². The van der Waals surface area contributed by atoms with Gasteiger partial charge in [0.1, 0.15) is 5.54 Å². The Balaban J connectivity index is 2.35. The molecule has 0 saturated heterocycles. The van der Waals surface area contributed by atoms with Crippen molar-refractivity contribution in [3.63, 3.8) is 0 Å². The Kier molecular flexibility index (Phi) is 2.94. The van der Waals surface area contributed by atoms with Crippen LogP contribution in [0.3, 0.4) is 0 Å². The van der Waals surface area contributed by atoms with Gasteiger partial charge in [-0.1, -0.05) is 0 Å². The molecule has 1 aromatic heterocycles. The number of primary amides is 1. The van der Waals surface area contributed by atoms with Crippen molar-refractivity contribution in [1.29, 1.82) is 0 Å². The highest BCUT2D eigenvalue weighted by atomic mass is 16.2. The quantitative estimate of drug-likeness (QED) is 0.610. The number of hydrogen-bond acceptors (Lipinski definition) is 3. The lowest BCUT2D eigenvalue weighted by molar-refractivity contribution is -0.122. The lowest BCUT2D eigenvalue weighted by atomic mass is 10.0. The van der Waals surface area contributed by atoms with Crippen LogP contribution in [0.2, 0.25) is 0 Å². The predicted octanol–water partition coefficient (Wildman–Crippen LogP) is 0.744. The zero-order chi connectivity index (χ0) is 14.2. The molecule has 0 bridgehead atoms. The third-order valence-corrected chi connectivity index (χ3v) is 2.99. The van der Waals surface area contributed by atoms with Gasteiger partial charge in [0, 0.05) is 22.8 Å². The number of rotatable bonds is 3. The molecule has 1 aromatic carbocycles. The van der Waals surface area contributed by atoms with E-state index >= 15 is 0 Å². The van der Waals surface area contributed by atoms with Gasteiger partial charge in [-0.25, -0.2) is 0 Å². The van der Waals surface area contributed by atoms with E-state index in [0.717, 1.165) is 10.9 Å². The highest BCUT2D eigenvalue weighted by molar-refractivity contribution is 6.08. The van der Waals surface area contributed by atoms with E-state index in [1.807, 2.05) is 0 Å². The lowest BCUT2D eigenvalue weighted by Crippen LogP contribution is -2.52. The van der Waals surface area contributed by atoms with Crippen LogP contribution in [0.5, 0.6) is 0 Å². The third-order valence-electron chi connectivity index (χ3n) is 2.99. The zero-order valence-corrected chi connectivity index (χ0v) is 10.8. The highest BCUT2D eigenvalue weighted by Gasteiger charge is 2.28. The molecule has 2 amide bonds. The largest absolute Gasteiger partial charge is 0.399 e. The molecule has 2 rings (SSSR count). The van der Waals surface area contributed by atoms with Gasteiger partial charge in [-0.15, -0.1) is 0 Å². The first-order chi connectivity index (χ1) is 8.81. The molecule has 0 unspecified atom stereocenters. The van der Waals surface area contributed by atoms with Crippen molar-refractivity contribution in [2.75, 3.05) is 5.73 Å². The Bertz CT molecular complexity index is 658. The number of benzene rings is 1. The lowest BCUT2D eigenvalue weighted by Gasteiger charge is -2.21. The molecule has 19 heavy (non-hydrogen) atoms. The summed E-state index contributed by atoms with van der Waals surface area (Å²) in [6, 6.07) is 5.21.